The van der Waals surface area contributed by atoms with Crippen molar-refractivity contribution in [2.75, 3.05) is 31.6 Å². The van der Waals surface area contributed by atoms with Gasteiger partial charge in [-0.05, 0) is 29.7 Å². The number of nitrogens with one attached hydrogen (secondary N) is 1. The van der Waals surface area contributed by atoms with Gasteiger partial charge in [0.2, 0.25) is 11.8 Å². The highest BCUT2D eigenvalue weighted by Gasteiger charge is 2.48. The lowest BCUT2D eigenvalue weighted by atomic mass is 9.99. The van der Waals surface area contributed by atoms with Crippen molar-refractivity contribution < 1.29 is 23.9 Å². The van der Waals surface area contributed by atoms with Crippen LogP contribution in [0.25, 0.3) is 0 Å². The molecule has 1 N–H and O–H groups in total. The number of hydrogen-bond donors (Lipinski definition) is 1. The predicted octanol–water partition coefficient (Wildman–Crippen LogP) is 3.35. The van der Waals surface area contributed by atoms with E-state index in [1.807, 2.05) is 43.3 Å². The van der Waals surface area contributed by atoms with Gasteiger partial charge in [-0.25, -0.2) is 4.79 Å². The van der Waals surface area contributed by atoms with Gasteiger partial charge < -0.3 is 19.7 Å². The zero-order valence-corrected chi connectivity index (χ0v) is 18.7. The van der Waals surface area contributed by atoms with Crippen molar-refractivity contribution in [3.05, 3.63) is 65.7 Å². The molecule has 4 rings (SSSR count). The highest BCUT2D eigenvalue weighted by molar-refractivity contribution is 5.91. The van der Waals surface area contributed by atoms with Crippen molar-refractivity contribution >= 4 is 23.6 Å². The first-order chi connectivity index (χ1) is 16.1. The third kappa shape index (κ3) is 5.34. The zero-order valence-electron chi connectivity index (χ0n) is 18.7. The number of carbonyl (C=O) groups excluding carboxylic acids is 3. The molecule has 2 aromatic rings. The number of anilines is 1. The van der Waals surface area contributed by atoms with Crippen molar-refractivity contribution in [3.8, 4) is 0 Å². The Kier molecular flexibility index (Phi) is 7.24. The summed E-state index contributed by atoms with van der Waals surface area (Å²) in [5.41, 5.74) is 2.19. The summed E-state index contributed by atoms with van der Waals surface area (Å²) in [6, 6.07) is 15.9. The second kappa shape index (κ2) is 10.5. The van der Waals surface area contributed by atoms with E-state index in [-0.39, 0.29) is 18.4 Å². The Bertz CT molecular complexity index is 991. The maximum absolute atomic E-state index is 13.6. The topological polar surface area (TPSA) is 88.2 Å². The second-order valence-electron chi connectivity index (χ2n) is 8.22. The van der Waals surface area contributed by atoms with E-state index < -0.39 is 18.2 Å². The maximum Gasteiger partial charge on any atom is 0.411 e. The molecule has 2 aromatic carbocycles. The van der Waals surface area contributed by atoms with Crippen molar-refractivity contribution in [3.63, 3.8) is 0 Å². The van der Waals surface area contributed by atoms with E-state index in [0.717, 1.165) is 12.0 Å². The molecule has 2 heterocycles. The molecule has 0 bridgehead atoms. The molecule has 2 aliphatic heterocycles. The second-order valence-corrected chi connectivity index (χ2v) is 8.22. The maximum atomic E-state index is 13.6. The molecule has 0 unspecified atom stereocenters. The van der Waals surface area contributed by atoms with Gasteiger partial charge in [-0.2, -0.15) is 0 Å². The number of morpholine rings is 1. The molecule has 2 atom stereocenters. The van der Waals surface area contributed by atoms with E-state index >= 15 is 0 Å². The SMILES string of the molecule is CCCC(=O)Nc1cccc([C@@H]2OC(=O)N(Cc3ccccc3)[C@@H]2C(=O)N2CCOCC2)c1. The van der Waals surface area contributed by atoms with Crippen molar-refractivity contribution in [2.45, 2.75) is 38.5 Å². The number of carbonyl (C=O) groups is 3. The average Bonchev–Trinajstić information content (AvgIpc) is 3.16. The third-order valence-corrected chi connectivity index (χ3v) is 5.83. The summed E-state index contributed by atoms with van der Waals surface area (Å²) >= 11 is 0. The molecule has 2 saturated heterocycles. The summed E-state index contributed by atoms with van der Waals surface area (Å²) in [6.45, 7) is 4.09. The number of cyclic esters (lactones) is 1. The molecule has 2 aliphatic rings. The van der Waals surface area contributed by atoms with Crippen LogP contribution < -0.4 is 5.32 Å². The van der Waals surface area contributed by atoms with E-state index in [0.29, 0.717) is 44.0 Å². The summed E-state index contributed by atoms with van der Waals surface area (Å²) < 4.78 is 11.2. The normalized spacial score (nSPS) is 20.5. The van der Waals surface area contributed by atoms with Crippen LogP contribution in [0.1, 0.15) is 37.0 Å². The Labute approximate surface area is 193 Å². The zero-order chi connectivity index (χ0) is 23.2. The summed E-state index contributed by atoms with van der Waals surface area (Å²) in [6.07, 6.45) is -0.141. The Balaban J connectivity index is 1.63. The van der Waals surface area contributed by atoms with Gasteiger partial charge in [0.15, 0.2) is 12.1 Å². The molecule has 8 heteroatoms. The van der Waals surface area contributed by atoms with E-state index in [1.54, 1.807) is 23.1 Å². The number of rotatable bonds is 7. The molecule has 33 heavy (non-hydrogen) atoms. The van der Waals surface area contributed by atoms with Crippen molar-refractivity contribution in [2.24, 2.45) is 0 Å². The van der Waals surface area contributed by atoms with Gasteiger partial charge in [-0.1, -0.05) is 49.4 Å². The highest BCUT2D eigenvalue weighted by atomic mass is 16.6. The van der Waals surface area contributed by atoms with Gasteiger partial charge in [0, 0.05) is 25.2 Å². The average molecular weight is 452 g/mol. The molecule has 0 aliphatic carbocycles. The fourth-order valence-electron chi connectivity index (χ4n) is 4.19. The lowest BCUT2D eigenvalue weighted by Gasteiger charge is -2.33. The largest absolute Gasteiger partial charge is 0.438 e. The van der Waals surface area contributed by atoms with Crippen molar-refractivity contribution in [1.82, 2.24) is 9.80 Å². The molecular formula is C25H29N3O5. The summed E-state index contributed by atoms with van der Waals surface area (Å²) in [7, 11) is 0. The summed E-state index contributed by atoms with van der Waals surface area (Å²) in [5, 5.41) is 2.87. The predicted molar refractivity (Wildman–Crippen MR) is 122 cm³/mol. The number of benzene rings is 2. The van der Waals surface area contributed by atoms with Gasteiger partial charge in [-0.3, -0.25) is 14.5 Å². The standard InChI is InChI=1S/C25H29N3O5/c1-2-7-21(29)26-20-11-6-10-19(16-20)23-22(24(30)27-12-14-32-15-13-27)28(25(31)33-23)17-18-8-4-3-5-9-18/h3-6,8-11,16,22-23H,2,7,12-15,17H2,1H3,(H,26,29)/t22-,23-/m0/s1. The fourth-order valence-corrected chi connectivity index (χ4v) is 4.19. The van der Waals surface area contributed by atoms with Gasteiger partial charge in [0.25, 0.3) is 0 Å². The monoisotopic (exact) mass is 451 g/mol. The van der Waals surface area contributed by atoms with Crippen LogP contribution >= 0.6 is 0 Å². The number of ether oxygens (including phenoxy) is 2. The minimum Gasteiger partial charge on any atom is -0.438 e. The first kappa shape index (κ1) is 22.8. The van der Waals surface area contributed by atoms with Crippen molar-refractivity contribution in [1.29, 1.82) is 0 Å². The van der Waals surface area contributed by atoms with Crippen LogP contribution in [0.3, 0.4) is 0 Å². The van der Waals surface area contributed by atoms with Crippen LogP contribution in [0.2, 0.25) is 0 Å². The molecule has 2 fully saturated rings. The van der Waals surface area contributed by atoms with Gasteiger partial charge in [0.1, 0.15) is 0 Å². The quantitative estimate of drug-likeness (QED) is 0.698. The lowest BCUT2D eigenvalue weighted by Crippen LogP contribution is -2.51. The van der Waals surface area contributed by atoms with Crippen LogP contribution in [-0.4, -0.2) is 60.1 Å². The van der Waals surface area contributed by atoms with Crippen LogP contribution in [0, 0.1) is 0 Å². The molecule has 0 radical (unpaired) electrons. The third-order valence-electron chi connectivity index (χ3n) is 5.83. The minimum atomic E-state index is -0.808. The molecule has 8 nitrogen and oxygen atoms in total. The number of nitrogens with zero attached hydrogens (tertiary/aromatic N) is 2. The fraction of sp³-hybridized carbons (Fsp3) is 0.400. The van der Waals surface area contributed by atoms with Crippen LogP contribution in [-0.2, 0) is 25.6 Å². The van der Waals surface area contributed by atoms with Gasteiger partial charge >= 0.3 is 6.09 Å². The molecule has 3 amide bonds. The molecule has 0 saturated carbocycles. The van der Waals surface area contributed by atoms with Gasteiger partial charge in [-0.15, -0.1) is 0 Å². The van der Waals surface area contributed by atoms with E-state index in [2.05, 4.69) is 5.32 Å². The number of amides is 3. The molecule has 174 valence electrons. The van der Waals surface area contributed by atoms with E-state index in [4.69, 9.17) is 9.47 Å². The van der Waals surface area contributed by atoms with E-state index in [1.165, 1.54) is 4.90 Å². The lowest BCUT2D eigenvalue weighted by molar-refractivity contribution is -0.141. The molecule has 0 spiro atoms. The highest BCUT2D eigenvalue weighted by Crippen LogP contribution is 2.36. The Hall–Kier alpha value is -3.39. The summed E-state index contributed by atoms with van der Waals surface area (Å²) in [5.74, 6) is -0.241. The van der Waals surface area contributed by atoms with Crippen LogP contribution in [0.5, 0.6) is 0 Å². The first-order valence-electron chi connectivity index (χ1n) is 11.3. The smallest absolute Gasteiger partial charge is 0.411 e. The molecular weight excluding hydrogens is 422 g/mol. The number of hydrogen-bond acceptors (Lipinski definition) is 5. The Morgan fingerprint density at radius 2 is 1.82 bits per heavy atom. The first-order valence-corrected chi connectivity index (χ1v) is 11.3. The summed E-state index contributed by atoms with van der Waals surface area (Å²) in [4.78, 5) is 41.8. The minimum absolute atomic E-state index is 0.0790. The van der Waals surface area contributed by atoms with Gasteiger partial charge in [0.05, 0.1) is 19.8 Å². The van der Waals surface area contributed by atoms with E-state index in [9.17, 15) is 14.4 Å². The Morgan fingerprint density at radius 1 is 1.06 bits per heavy atom. The van der Waals surface area contributed by atoms with Crippen LogP contribution in [0.15, 0.2) is 54.6 Å². The van der Waals surface area contributed by atoms with Crippen LogP contribution in [0.4, 0.5) is 10.5 Å². The molecule has 0 aromatic heterocycles. The Morgan fingerprint density at radius 3 is 2.55 bits per heavy atom.